The Bertz CT molecular complexity index is 2060. The number of unbranched alkanes of at least 4 members (excludes halogenated alkanes) is 3. The van der Waals surface area contributed by atoms with Crippen molar-refractivity contribution in [3.63, 3.8) is 0 Å². The minimum absolute atomic E-state index is 0.314. The van der Waals surface area contributed by atoms with Gasteiger partial charge in [-0.25, -0.2) is 4.52 Å². The second-order valence-electron chi connectivity index (χ2n) is 14.4. The topological polar surface area (TPSA) is 69.9 Å². The summed E-state index contributed by atoms with van der Waals surface area (Å²) in [5.74, 6) is 0. The minimum atomic E-state index is -3.37. The summed E-state index contributed by atoms with van der Waals surface area (Å²) in [6.45, 7) is 12.8. The molecule has 0 aliphatic carbocycles. The third kappa shape index (κ3) is 15.4. The monoisotopic (exact) mass is 865 g/mol. The van der Waals surface area contributed by atoms with Crippen molar-refractivity contribution in [3.8, 4) is 0 Å². The standard InChI is InChI=1S/C30H25NOP2.C15H16O2.C5H12.C4H10.C2H6/c32-34(29-22-12-4-13-23-29,30-24-14-5-15-25-30)31-33(26-16-6-1-7-17-26,27-18-8-2-9-19-27)28-20-10-3-11-21-28;16-14(12-7-3-1-4-8-12)11-15(17)13-9-5-2-6-10-13;1-3-5-4-2;1-3-4-2;1-2/h1-25H;1-10,14-17H,11H2;3-5H2,1-2H3;3-4H2,1-2H3;1-2H3. The molecule has 7 aromatic carbocycles. The molecule has 2 unspecified atom stereocenters. The lowest BCUT2D eigenvalue weighted by atomic mass is 9.99. The highest BCUT2D eigenvalue weighted by Crippen LogP contribution is 2.59. The Morgan fingerprint density at radius 3 is 0.855 bits per heavy atom. The molecule has 0 radical (unpaired) electrons. The maximum atomic E-state index is 15.2. The van der Waals surface area contributed by atoms with Crippen LogP contribution in [0.2, 0.25) is 0 Å². The van der Waals surface area contributed by atoms with E-state index in [0.29, 0.717) is 6.42 Å². The number of hydrogen-bond acceptors (Lipinski definition) is 3. The molecule has 6 heteroatoms. The molecular weight excluding hydrogens is 797 g/mol. The Labute approximate surface area is 374 Å². The van der Waals surface area contributed by atoms with Gasteiger partial charge in [0.2, 0.25) is 7.29 Å². The Morgan fingerprint density at radius 2 is 0.629 bits per heavy atom. The fraction of sp³-hybridized carbons (Fsp3) is 0.250. The van der Waals surface area contributed by atoms with E-state index in [4.69, 9.17) is 4.52 Å². The van der Waals surface area contributed by atoms with E-state index < -0.39 is 26.6 Å². The zero-order chi connectivity index (χ0) is 44.9. The van der Waals surface area contributed by atoms with Crippen LogP contribution in [0.1, 0.15) is 103 Å². The Morgan fingerprint density at radius 1 is 0.387 bits per heavy atom. The predicted octanol–water partition coefficient (Wildman–Crippen LogP) is 14.0. The quantitative estimate of drug-likeness (QED) is 0.113. The summed E-state index contributed by atoms with van der Waals surface area (Å²) in [4.78, 5) is 0. The molecule has 7 aromatic rings. The number of hydrogen-bond donors (Lipinski definition) is 2. The second kappa shape index (κ2) is 29.3. The summed E-state index contributed by atoms with van der Waals surface area (Å²) in [5.41, 5.74) is 1.67. The Balaban J connectivity index is 0.000000303. The molecule has 2 N–H and O–H groups in total. The van der Waals surface area contributed by atoms with Crippen molar-refractivity contribution in [2.75, 3.05) is 0 Å². The van der Waals surface area contributed by atoms with Crippen LogP contribution in [0.15, 0.2) is 217 Å². The largest absolute Gasteiger partial charge is 0.388 e. The molecule has 0 spiro atoms. The third-order valence-corrected chi connectivity index (χ3v) is 17.1. The lowest BCUT2D eigenvalue weighted by Gasteiger charge is -2.29. The number of nitrogens with zero attached hydrogens (tertiary/aromatic N) is 1. The molecular formula is C56H69NO3P2. The first-order chi connectivity index (χ1) is 30.3. The van der Waals surface area contributed by atoms with E-state index >= 15 is 4.57 Å². The molecule has 0 bridgehead atoms. The summed E-state index contributed by atoms with van der Waals surface area (Å²) < 4.78 is 20.8. The summed E-state index contributed by atoms with van der Waals surface area (Å²) in [5, 5.41) is 24.7. The van der Waals surface area contributed by atoms with Crippen LogP contribution in [0.4, 0.5) is 0 Å². The third-order valence-electron chi connectivity index (χ3n) is 9.88. The molecule has 0 saturated carbocycles. The fourth-order valence-corrected chi connectivity index (χ4v) is 14.2. The molecule has 2 atom stereocenters. The molecule has 0 aliphatic heterocycles. The number of aliphatic hydroxyl groups excluding tert-OH is 2. The summed E-state index contributed by atoms with van der Waals surface area (Å²) >= 11 is 0. The van der Waals surface area contributed by atoms with E-state index in [1.54, 1.807) is 0 Å². The Kier molecular flexibility index (Phi) is 24.2. The van der Waals surface area contributed by atoms with Gasteiger partial charge in [-0.2, -0.15) is 0 Å². The van der Waals surface area contributed by atoms with Crippen molar-refractivity contribution < 1.29 is 14.8 Å². The van der Waals surface area contributed by atoms with Crippen LogP contribution in [-0.2, 0) is 4.57 Å². The van der Waals surface area contributed by atoms with E-state index in [1.807, 2.05) is 190 Å². The zero-order valence-electron chi connectivity index (χ0n) is 37.7. The van der Waals surface area contributed by atoms with Crippen LogP contribution in [-0.4, -0.2) is 10.2 Å². The molecule has 0 amide bonds. The Hall–Kier alpha value is -5.08. The van der Waals surface area contributed by atoms with Gasteiger partial charge in [-0.1, -0.05) is 262 Å². The van der Waals surface area contributed by atoms with E-state index in [-0.39, 0.29) is 0 Å². The predicted molar refractivity (Wildman–Crippen MR) is 272 cm³/mol. The van der Waals surface area contributed by atoms with Gasteiger partial charge in [0.25, 0.3) is 0 Å². The molecule has 0 saturated heterocycles. The SMILES string of the molecule is CC.CCCC.CCCCC.O=P(N=P(c1ccccc1)(c1ccccc1)c1ccccc1)(c1ccccc1)c1ccccc1.OC(CC(O)c1ccccc1)c1ccccc1. The summed E-state index contributed by atoms with van der Waals surface area (Å²) in [7, 11) is -6.01. The van der Waals surface area contributed by atoms with Gasteiger partial charge in [-0.3, -0.25) is 4.57 Å². The lowest BCUT2D eigenvalue weighted by Crippen LogP contribution is -2.26. The van der Waals surface area contributed by atoms with Gasteiger partial charge >= 0.3 is 0 Å². The molecule has 0 aliphatic rings. The van der Waals surface area contributed by atoms with Gasteiger partial charge in [0.05, 0.1) is 19.3 Å². The first-order valence-electron chi connectivity index (χ1n) is 22.3. The van der Waals surface area contributed by atoms with Crippen LogP contribution >= 0.6 is 14.3 Å². The maximum absolute atomic E-state index is 15.2. The highest BCUT2D eigenvalue weighted by molar-refractivity contribution is 7.93. The lowest BCUT2D eigenvalue weighted by molar-refractivity contribution is 0.0804. The molecule has 0 aromatic heterocycles. The van der Waals surface area contributed by atoms with Crippen molar-refractivity contribution >= 4 is 40.9 Å². The van der Waals surface area contributed by atoms with Crippen LogP contribution < -0.4 is 26.5 Å². The maximum Gasteiger partial charge on any atom is 0.247 e. The molecule has 62 heavy (non-hydrogen) atoms. The van der Waals surface area contributed by atoms with E-state index in [9.17, 15) is 10.2 Å². The van der Waals surface area contributed by atoms with Gasteiger partial charge in [0.1, 0.15) is 0 Å². The van der Waals surface area contributed by atoms with Crippen LogP contribution in [0, 0.1) is 0 Å². The molecule has 0 heterocycles. The molecule has 4 nitrogen and oxygen atoms in total. The van der Waals surface area contributed by atoms with Gasteiger partial charge in [0, 0.05) is 32.9 Å². The summed E-state index contributed by atoms with van der Waals surface area (Å²) in [6, 6.07) is 69.2. The molecule has 0 fully saturated rings. The van der Waals surface area contributed by atoms with Crippen molar-refractivity contribution in [1.29, 1.82) is 0 Å². The first kappa shape index (κ1) is 51.3. The summed E-state index contributed by atoms with van der Waals surface area (Å²) in [6.07, 6.45) is 5.76. The van der Waals surface area contributed by atoms with Gasteiger partial charge in [0.15, 0.2) is 0 Å². The van der Waals surface area contributed by atoms with Gasteiger partial charge in [-0.05, 0) is 35.4 Å². The zero-order valence-corrected chi connectivity index (χ0v) is 39.5. The van der Waals surface area contributed by atoms with Gasteiger partial charge in [-0.15, -0.1) is 0 Å². The van der Waals surface area contributed by atoms with Gasteiger partial charge < -0.3 is 10.2 Å². The number of rotatable bonds is 13. The van der Waals surface area contributed by atoms with E-state index in [1.165, 1.54) is 32.1 Å². The van der Waals surface area contributed by atoms with Crippen molar-refractivity contribution in [3.05, 3.63) is 223 Å². The average molecular weight is 866 g/mol. The second-order valence-corrected chi connectivity index (χ2v) is 20.1. The molecule has 326 valence electrons. The van der Waals surface area contributed by atoms with Crippen molar-refractivity contribution in [2.24, 2.45) is 4.52 Å². The average Bonchev–Trinajstić information content (AvgIpc) is 3.36. The van der Waals surface area contributed by atoms with E-state index in [0.717, 1.165) is 37.6 Å². The number of benzene rings is 7. The fourth-order valence-electron chi connectivity index (χ4n) is 6.42. The van der Waals surface area contributed by atoms with Crippen molar-refractivity contribution in [2.45, 2.75) is 92.3 Å². The molecule has 7 rings (SSSR count). The van der Waals surface area contributed by atoms with Crippen molar-refractivity contribution in [1.82, 2.24) is 0 Å². The highest BCUT2D eigenvalue weighted by atomic mass is 31.2. The minimum Gasteiger partial charge on any atom is -0.388 e. The number of aliphatic hydroxyl groups is 2. The first-order valence-corrected chi connectivity index (χ1v) is 25.7. The normalized spacial score (nSPS) is 11.5. The van der Waals surface area contributed by atoms with Crippen LogP contribution in [0.25, 0.3) is 0 Å². The van der Waals surface area contributed by atoms with Crippen LogP contribution in [0.3, 0.4) is 0 Å². The highest BCUT2D eigenvalue weighted by Gasteiger charge is 2.35. The van der Waals surface area contributed by atoms with Crippen LogP contribution in [0.5, 0.6) is 0 Å². The smallest absolute Gasteiger partial charge is 0.247 e. The van der Waals surface area contributed by atoms with E-state index in [2.05, 4.69) is 64.1 Å².